The van der Waals surface area contributed by atoms with Gasteiger partial charge in [0.25, 0.3) is 0 Å². The quantitative estimate of drug-likeness (QED) is 0.227. The van der Waals surface area contributed by atoms with Crippen LogP contribution in [0.25, 0.3) is 11.3 Å². The SMILES string of the molecule is C=NC(=O)/C(=C\N(CNc1cc(-c2ccnn2C)ccc1C)Cc1ccc(F)c(F)c1)OC. The largest absolute Gasteiger partial charge is 0.490 e. The van der Waals surface area contributed by atoms with E-state index in [-0.39, 0.29) is 19.0 Å². The van der Waals surface area contributed by atoms with Gasteiger partial charge in [-0.15, -0.1) is 0 Å². The summed E-state index contributed by atoms with van der Waals surface area (Å²) >= 11 is 0. The highest BCUT2D eigenvalue weighted by molar-refractivity contribution is 5.94. The number of amides is 1. The molecule has 1 heterocycles. The molecule has 9 heteroatoms. The molecule has 0 bridgehead atoms. The number of methoxy groups -OCH3 is 1. The molecule has 3 rings (SSSR count). The van der Waals surface area contributed by atoms with Crippen molar-refractivity contribution in [2.45, 2.75) is 13.5 Å². The number of aromatic nitrogens is 2. The summed E-state index contributed by atoms with van der Waals surface area (Å²) in [6, 6.07) is 11.6. The fourth-order valence-corrected chi connectivity index (χ4v) is 3.27. The second kappa shape index (κ2) is 10.5. The van der Waals surface area contributed by atoms with Crippen LogP contribution in [0.5, 0.6) is 0 Å². The minimum absolute atomic E-state index is 0.0326. The van der Waals surface area contributed by atoms with E-state index in [1.165, 1.54) is 19.4 Å². The summed E-state index contributed by atoms with van der Waals surface area (Å²) in [4.78, 5) is 17.1. The monoisotopic (exact) mass is 453 g/mol. The number of ether oxygens (including phenoxy) is 1. The number of benzene rings is 2. The highest BCUT2D eigenvalue weighted by Gasteiger charge is 2.13. The molecule has 33 heavy (non-hydrogen) atoms. The summed E-state index contributed by atoms with van der Waals surface area (Å²) in [6.07, 6.45) is 3.19. The molecule has 0 saturated carbocycles. The van der Waals surface area contributed by atoms with Crippen LogP contribution >= 0.6 is 0 Å². The number of hydrogen-bond donors (Lipinski definition) is 1. The van der Waals surface area contributed by atoms with Gasteiger partial charge in [0.1, 0.15) is 0 Å². The number of rotatable bonds is 9. The maximum absolute atomic E-state index is 13.7. The molecule has 2 aromatic carbocycles. The Bertz CT molecular complexity index is 1190. The Labute approximate surface area is 191 Å². The van der Waals surface area contributed by atoms with Crippen LogP contribution in [0.15, 0.2) is 65.6 Å². The van der Waals surface area contributed by atoms with Gasteiger partial charge in [0.2, 0.25) is 5.76 Å². The first kappa shape index (κ1) is 23.6. The van der Waals surface area contributed by atoms with Gasteiger partial charge in [0.15, 0.2) is 11.6 Å². The molecule has 172 valence electrons. The van der Waals surface area contributed by atoms with Gasteiger partial charge >= 0.3 is 5.91 Å². The van der Waals surface area contributed by atoms with Crippen molar-refractivity contribution in [3.8, 4) is 11.3 Å². The van der Waals surface area contributed by atoms with Crippen molar-refractivity contribution in [1.29, 1.82) is 0 Å². The third kappa shape index (κ3) is 5.82. The third-order valence-corrected chi connectivity index (χ3v) is 5.07. The van der Waals surface area contributed by atoms with Crippen LogP contribution in [0.3, 0.4) is 0 Å². The van der Waals surface area contributed by atoms with Crippen LogP contribution in [-0.4, -0.2) is 41.1 Å². The zero-order valence-electron chi connectivity index (χ0n) is 18.7. The number of aliphatic imine (C=N–C) groups is 1. The predicted molar refractivity (Wildman–Crippen MR) is 123 cm³/mol. The van der Waals surface area contributed by atoms with E-state index in [2.05, 4.69) is 22.1 Å². The Morgan fingerprint density at radius 2 is 2.03 bits per heavy atom. The van der Waals surface area contributed by atoms with E-state index in [1.54, 1.807) is 15.8 Å². The second-order valence-corrected chi connectivity index (χ2v) is 7.36. The summed E-state index contributed by atoms with van der Waals surface area (Å²) in [5, 5.41) is 7.55. The minimum atomic E-state index is -0.945. The zero-order chi connectivity index (χ0) is 24.0. The Morgan fingerprint density at radius 3 is 2.67 bits per heavy atom. The van der Waals surface area contributed by atoms with E-state index in [0.717, 1.165) is 34.6 Å². The van der Waals surface area contributed by atoms with Crippen LogP contribution in [0, 0.1) is 18.6 Å². The van der Waals surface area contributed by atoms with Crippen molar-refractivity contribution < 1.29 is 18.3 Å². The molecule has 0 fully saturated rings. The molecule has 0 radical (unpaired) electrons. The maximum atomic E-state index is 13.7. The topological polar surface area (TPSA) is 71.8 Å². The first-order chi connectivity index (χ1) is 15.8. The van der Waals surface area contributed by atoms with Crippen LogP contribution in [0.2, 0.25) is 0 Å². The smallest absolute Gasteiger partial charge is 0.312 e. The lowest BCUT2D eigenvalue weighted by atomic mass is 10.1. The van der Waals surface area contributed by atoms with Crippen LogP contribution in [0.4, 0.5) is 14.5 Å². The molecule has 0 aliphatic carbocycles. The number of hydrogen-bond acceptors (Lipinski definition) is 5. The molecule has 0 unspecified atom stereocenters. The lowest BCUT2D eigenvalue weighted by Gasteiger charge is -2.23. The van der Waals surface area contributed by atoms with E-state index in [0.29, 0.717) is 5.56 Å². The zero-order valence-corrected chi connectivity index (χ0v) is 18.7. The number of anilines is 1. The van der Waals surface area contributed by atoms with Crippen molar-refractivity contribution in [2.24, 2.45) is 12.0 Å². The van der Waals surface area contributed by atoms with Crippen LogP contribution in [-0.2, 0) is 23.1 Å². The molecule has 0 atom stereocenters. The number of halogens is 2. The lowest BCUT2D eigenvalue weighted by molar-refractivity contribution is -0.117. The fourth-order valence-electron chi connectivity index (χ4n) is 3.27. The molecular weight excluding hydrogens is 428 g/mol. The van der Waals surface area contributed by atoms with Gasteiger partial charge in [-0.25, -0.2) is 13.8 Å². The average molecular weight is 453 g/mol. The van der Waals surface area contributed by atoms with Gasteiger partial charge in [-0.1, -0.05) is 18.2 Å². The number of nitrogens with one attached hydrogen (secondary N) is 1. The van der Waals surface area contributed by atoms with E-state index in [1.807, 2.05) is 38.2 Å². The van der Waals surface area contributed by atoms with E-state index < -0.39 is 17.5 Å². The van der Waals surface area contributed by atoms with Crippen LogP contribution in [0.1, 0.15) is 11.1 Å². The first-order valence-corrected chi connectivity index (χ1v) is 10.1. The van der Waals surface area contributed by atoms with E-state index in [9.17, 15) is 13.6 Å². The van der Waals surface area contributed by atoms with Gasteiger partial charge in [-0.05, 0) is 49.0 Å². The summed E-state index contributed by atoms with van der Waals surface area (Å²) in [5.41, 5.74) is 4.33. The number of aryl methyl sites for hydroxylation is 2. The standard InChI is InChI=1S/C24H25F2N5O2/c1-16-5-7-18(22-9-10-29-30(22)3)12-21(16)28-15-31(14-23(33-4)24(32)27-2)13-17-6-8-19(25)20(26)11-17/h5-12,14,28H,2,13,15H2,1,3-4H3/b23-14+. The second-order valence-electron chi connectivity index (χ2n) is 7.36. The number of carbonyl (C=O) groups excluding carboxylic acids is 1. The predicted octanol–water partition coefficient (Wildman–Crippen LogP) is 4.26. The molecule has 1 amide bonds. The Morgan fingerprint density at radius 1 is 1.24 bits per heavy atom. The molecule has 0 spiro atoms. The van der Waals surface area contributed by atoms with Crippen LogP contribution < -0.4 is 5.32 Å². The van der Waals surface area contributed by atoms with Crippen molar-refractivity contribution in [2.75, 3.05) is 19.1 Å². The molecule has 7 nitrogen and oxygen atoms in total. The summed E-state index contributed by atoms with van der Waals surface area (Å²) in [7, 11) is 3.22. The average Bonchev–Trinajstić information content (AvgIpc) is 3.24. The third-order valence-electron chi connectivity index (χ3n) is 5.07. The fraction of sp³-hybridized carbons (Fsp3) is 0.208. The van der Waals surface area contributed by atoms with Crippen molar-refractivity contribution in [3.05, 3.63) is 83.4 Å². The Hall–Kier alpha value is -4.01. The first-order valence-electron chi connectivity index (χ1n) is 10.1. The van der Waals surface area contributed by atoms with Crippen molar-refractivity contribution in [1.82, 2.24) is 14.7 Å². The molecule has 0 aliphatic rings. The highest BCUT2D eigenvalue weighted by Crippen LogP contribution is 2.25. The molecule has 0 saturated heterocycles. The summed E-state index contributed by atoms with van der Waals surface area (Å²) in [5.74, 6) is -2.54. The van der Waals surface area contributed by atoms with Gasteiger partial charge in [-0.2, -0.15) is 5.10 Å². The van der Waals surface area contributed by atoms with Gasteiger partial charge in [-0.3, -0.25) is 9.48 Å². The highest BCUT2D eigenvalue weighted by atomic mass is 19.2. The molecule has 3 aromatic rings. The molecule has 0 aliphatic heterocycles. The molecule has 1 aromatic heterocycles. The van der Waals surface area contributed by atoms with Gasteiger partial charge < -0.3 is 15.0 Å². The summed E-state index contributed by atoms with van der Waals surface area (Å²) < 4.78 is 34.0. The van der Waals surface area contributed by atoms with Crippen molar-refractivity contribution in [3.63, 3.8) is 0 Å². The van der Waals surface area contributed by atoms with Gasteiger partial charge in [0.05, 0.1) is 19.5 Å². The minimum Gasteiger partial charge on any atom is -0.490 e. The van der Waals surface area contributed by atoms with E-state index >= 15 is 0 Å². The Balaban J connectivity index is 1.87. The normalized spacial score (nSPS) is 11.2. The van der Waals surface area contributed by atoms with E-state index in [4.69, 9.17) is 4.74 Å². The number of nitrogens with zero attached hydrogens (tertiary/aromatic N) is 4. The number of carbonyl (C=O) groups is 1. The van der Waals surface area contributed by atoms with Gasteiger partial charge in [0, 0.05) is 37.2 Å². The molecular formula is C24H25F2N5O2. The Kier molecular flexibility index (Phi) is 7.55. The summed E-state index contributed by atoms with van der Waals surface area (Å²) in [6.45, 7) is 5.63. The maximum Gasteiger partial charge on any atom is 0.312 e. The van der Waals surface area contributed by atoms with Crippen molar-refractivity contribution >= 4 is 18.3 Å². The lowest BCUT2D eigenvalue weighted by Crippen LogP contribution is -2.26. The molecule has 1 N–H and O–H groups in total.